The summed E-state index contributed by atoms with van der Waals surface area (Å²) in [6.07, 6.45) is 5.38. The molecule has 2 amide bonds. The van der Waals surface area contributed by atoms with E-state index >= 15 is 0 Å². The predicted octanol–water partition coefficient (Wildman–Crippen LogP) is 2.38. The normalized spacial score (nSPS) is 19.0. The van der Waals surface area contributed by atoms with Gasteiger partial charge in [0.05, 0.1) is 0 Å². The molecule has 1 saturated heterocycles. The smallest absolute Gasteiger partial charge is 0.312 e. The summed E-state index contributed by atoms with van der Waals surface area (Å²) in [5.74, 6) is -0.728. The van der Waals surface area contributed by atoms with Crippen LogP contribution in [0, 0.1) is 5.82 Å². The number of amides is 2. The Kier molecular flexibility index (Phi) is 4.87. The first-order valence-electron chi connectivity index (χ1n) is 9.30. The maximum absolute atomic E-state index is 13.0. The summed E-state index contributed by atoms with van der Waals surface area (Å²) < 4.78 is 18.2. The van der Waals surface area contributed by atoms with Crippen LogP contribution >= 0.6 is 0 Å². The van der Waals surface area contributed by atoms with Gasteiger partial charge < -0.3 is 14.3 Å². The van der Waals surface area contributed by atoms with Gasteiger partial charge in [0.25, 0.3) is 0 Å². The van der Waals surface area contributed by atoms with Crippen molar-refractivity contribution >= 4 is 11.8 Å². The molecule has 7 nitrogen and oxygen atoms in total. The van der Waals surface area contributed by atoms with Crippen molar-refractivity contribution in [1.29, 1.82) is 0 Å². The highest BCUT2D eigenvalue weighted by Crippen LogP contribution is 2.25. The Bertz CT molecular complexity index is 830. The lowest BCUT2D eigenvalue weighted by Gasteiger charge is -2.39. The third-order valence-corrected chi connectivity index (χ3v) is 5.25. The van der Waals surface area contributed by atoms with Crippen LogP contribution < -0.4 is 0 Å². The van der Waals surface area contributed by atoms with Crippen LogP contribution in [0.5, 0.6) is 0 Å². The lowest BCUT2D eigenvalue weighted by Crippen LogP contribution is -2.57. The van der Waals surface area contributed by atoms with Crippen molar-refractivity contribution in [2.75, 3.05) is 13.1 Å². The van der Waals surface area contributed by atoms with E-state index in [1.54, 1.807) is 17.0 Å². The molecule has 8 heteroatoms. The Balaban J connectivity index is 1.41. The minimum absolute atomic E-state index is 0.0945. The van der Waals surface area contributed by atoms with E-state index in [0.29, 0.717) is 24.5 Å². The van der Waals surface area contributed by atoms with Crippen molar-refractivity contribution in [2.24, 2.45) is 0 Å². The van der Waals surface area contributed by atoms with Crippen LogP contribution in [0.2, 0.25) is 0 Å². The van der Waals surface area contributed by atoms with E-state index in [4.69, 9.17) is 4.52 Å². The second-order valence-electron chi connectivity index (χ2n) is 7.04. The summed E-state index contributed by atoms with van der Waals surface area (Å²) in [6, 6.07) is 5.94. The molecule has 27 heavy (non-hydrogen) atoms. The molecule has 142 valence electrons. The van der Waals surface area contributed by atoms with E-state index in [9.17, 15) is 14.0 Å². The Morgan fingerprint density at radius 1 is 1.04 bits per heavy atom. The molecule has 0 N–H and O–H groups in total. The first kappa shape index (κ1) is 17.6. The molecular weight excluding hydrogens is 351 g/mol. The van der Waals surface area contributed by atoms with Gasteiger partial charge in [0.1, 0.15) is 12.4 Å². The van der Waals surface area contributed by atoms with Crippen LogP contribution in [0.1, 0.15) is 38.0 Å². The molecule has 1 aliphatic carbocycles. The van der Waals surface area contributed by atoms with Crippen molar-refractivity contribution in [3.05, 3.63) is 36.0 Å². The van der Waals surface area contributed by atoms with E-state index in [2.05, 4.69) is 10.1 Å². The predicted molar refractivity (Wildman–Crippen MR) is 93.7 cm³/mol. The largest absolute Gasteiger partial charge is 0.337 e. The van der Waals surface area contributed by atoms with E-state index in [-0.39, 0.29) is 24.3 Å². The van der Waals surface area contributed by atoms with Gasteiger partial charge in [-0.15, -0.1) is 0 Å². The Labute approximate surface area is 156 Å². The fourth-order valence-corrected chi connectivity index (χ4v) is 3.78. The average Bonchev–Trinajstić information content (AvgIpc) is 3.15. The lowest BCUT2D eigenvalue weighted by atomic mass is 9.93. The molecule has 2 heterocycles. The summed E-state index contributed by atoms with van der Waals surface area (Å²) in [7, 11) is 0. The van der Waals surface area contributed by atoms with E-state index in [1.165, 1.54) is 23.5 Å². The molecule has 1 saturated carbocycles. The summed E-state index contributed by atoms with van der Waals surface area (Å²) >= 11 is 0. The van der Waals surface area contributed by atoms with Crippen molar-refractivity contribution in [1.82, 2.24) is 19.9 Å². The average molecular weight is 372 g/mol. The minimum Gasteiger partial charge on any atom is -0.337 e. The van der Waals surface area contributed by atoms with Crippen LogP contribution in [-0.4, -0.2) is 50.9 Å². The molecule has 2 aliphatic rings. The fraction of sp³-hybridized carbons (Fsp3) is 0.474. The first-order valence-corrected chi connectivity index (χ1v) is 9.30. The molecular formula is C19H21FN4O3. The summed E-state index contributed by atoms with van der Waals surface area (Å²) in [5.41, 5.74) is 0.621. The van der Waals surface area contributed by atoms with Crippen LogP contribution in [-0.2, 0) is 16.1 Å². The van der Waals surface area contributed by atoms with Gasteiger partial charge in [0.2, 0.25) is 11.7 Å². The van der Waals surface area contributed by atoms with E-state index < -0.39 is 11.8 Å². The zero-order valence-electron chi connectivity index (χ0n) is 14.9. The number of carbonyl (C=O) groups excluding carboxylic acids is 2. The van der Waals surface area contributed by atoms with Crippen LogP contribution in [0.25, 0.3) is 11.4 Å². The van der Waals surface area contributed by atoms with Gasteiger partial charge in [-0.1, -0.05) is 24.4 Å². The van der Waals surface area contributed by atoms with Gasteiger partial charge in [-0.3, -0.25) is 9.59 Å². The quantitative estimate of drug-likeness (QED) is 0.770. The summed E-state index contributed by atoms with van der Waals surface area (Å²) in [5, 5.41) is 3.87. The number of hydrogen-bond donors (Lipinski definition) is 0. The van der Waals surface area contributed by atoms with Gasteiger partial charge >= 0.3 is 11.8 Å². The van der Waals surface area contributed by atoms with Gasteiger partial charge in [0.15, 0.2) is 0 Å². The van der Waals surface area contributed by atoms with Gasteiger partial charge in [-0.25, -0.2) is 4.39 Å². The third-order valence-electron chi connectivity index (χ3n) is 5.25. The molecule has 0 spiro atoms. The molecule has 1 aromatic heterocycles. The number of aromatic nitrogens is 2. The van der Waals surface area contributed by atoms with E-state index in [1.807, 2.05) is 0 Å². The highest BCUT2D eigenvalue weighted by molar-refractivity contribution is 6.35. The van der Waals surface area contributed by atoms with Crippen molar-refractivity contribution < 1.29 is 18.5 Å². The number of piperazine rings is 1. The van der Waals surface area contributed by atoms with Crippen molar-refractivity contribution in [3.8, 4) is 11.4 Å². The van der Waals surface area contributed by atoms with Crippen LogP contribution in [0.4, 0.5) is 4.39 Å². The number of halogens is 1. The standard InChI is InChI=1S/C19H21FN4O3/c20-14-8-6-13(7-9-14)17-21-16(27-22-17)12-23-10-11-24(19(26)18(23)25)15-4-2-1-3-5-15/h6-9,15H,1-5,10-12H2. The highest BCUT2D eigenvalue weighted by Gasteiger charge is 2.37. The second kappa shape index (κ2) is 7.46. The Morgan fingerprint density at radius 3 is 2.52 bits per heavy atom. The molecule has 0 radical (unpaired) electrons. The molecule has 0 bridgehead atoms. The molecule has 1 aromatic carbocycles. The lowest BCUT2D eigenvalue weighted by molar-refractivity contribution is -0.158. The number of benzene rings is 1. The summed E-state index contributed by atoms with van der Waals surface area (Å²) in [6.45, 7) is 1.08. The van der Waals surface area contributed by atoms with Crippen molar-refractivity contribution in [3.63, 3.8) is 0 Å². The highest BCUT2D eigenvalue weighted by atomic mass is 19.1. The third kappa shape index (κ3) is 3.70. The molecule has 1 aliphatic heterocycles. The zero-order chi connectivity index (χ0) is 18.8. The zero-order valence-corrected chi connectivity index (χ0v) is 14.9. The Morgan fingerprint density at radius 2 is 1.78 bits per heavy atom. The molecule has 0 unspecified atom stereocenters. The number of hydrogen-bond acceptors (Lipinski definition) is 5. The van der Waals surface area contributed by atoms with Crippen LogP contribution in [0.3, 0.4) is 0 Å². The fourth-order valence-electron chi connectivity index (χ4n) is 3.78. The SMILES string of the molecule is O=C1C(=O)N(C2CCCCC2)CCN1Cc1nc(-c2ccc(F)cc2)no1. The van der Waals surface area contributed by atoms with Crippen LogP contribution in [0.15, 0.2) is 28.8 Å². The number of carbonyl (C=O) groups is 2. The molecule has 2 aromatic rings. The van der Waals surface area contributed by atoms with Gasteiger partial charge in [-0.2, -0.15) is 4.98 Å². The molecule has 0 atom stereocenters. The maximum atomic E-state index is 13.0. The minimum atomic E-state index is -0.520. The topological polar surface area (TPSA) is 79.5 Å². The van der Waals surface area contributed by atoms with Crippen molar-refractivity contribution in [2.45, 2.75) is 44.7 Å². The monoisotopic (exact) mass is 372 g/mol. The second-order valence-corrected chi connectivity index (χ2v) is 7.04. The maximum Gasteiger partial charge on any atom is 0.312 e. The number of nitrogens with zero attached hydrogens (tertiary/aromatic N) is 4. The van der Waals surface area contributed by atoms with Gasteiger partial charge in [-0.05, 0) is 37.1 Å². The van der Waals surface area contributed by atoms with E-state index in [0.717, 1.165) is 25.7 Å². The summed E-state index contributed by atoms with van der Waals surface area (Å²) in [4.78, 5) is 32.5. The Hall–Kier alpha value is -2.77. The molecule has 2 fully saturated rings. The number of rotatable bonds is 4. The first-order chi connectivity index (χ1) is 13.1. The van der Waals surface area contributed by atoms with Gasteiger partial charge in [0, 0.05) is 24.7 Å². The molecule has 4 rings (SSSR count).